The number of halogens is 3. The van der Waals surface area contributed by atoms with E-state index in [9.17, 15) is 0 Å². The van der Waals surface area contributed by atoms with Crippen LogP contribution in [0.2, 0.25) is 5.02 Å². The summed E-state index contributed by atoms with van der Waals surface area (Å²) >= 11 is 14.6. The lowest BCUT2D eigenvalue weighted by molar-refractivity contribution is 0.721. The Balaban J connectivity index is 2.20. The van der Waals surface area contributed by atoms with Crippen LogP contribution in [0.15, 0.2) is 32.1 Å². The third-order valence-electron chi connectivity index (χ3n) is 2.38. The summed E-state index contributed by atoms with van der Waals surface area (Å²) in [4.78, 5) is 3.96. The number of pyridine rings is 1. The standard InChI is InChI=1S/C11H9Br2ClN2S/c12-10-4-7(11(13)17-10)9(15)3-6-1-2-16-5-8(6)14/h1-2,4-5,9H,3,15H2. The molecule has 1 atom stereocenters. The van der Waals surface area contributed by atoms with Gasteiger partial charge in [0.1, 0.15) is 0 Å². The highest BCUT2D eigenvalue weighted by Crippen LogP contribution is 2.36. The second kappa shape index (κ2) is 5.80. The molecule has 2 aromatic rings. The van der Waals surface area contributed by atoms with Crippen molar-refractivity contribution in [2.45, 2.75) is 12.5 Å². The molecule has 17 heavy (non-hydrogen) atoms. The Hall–Kier alpha value is 0.0600. The fraction of sp³-hybridized carbons (Fsp3) is 0.182. The Labute approximate surface area is 125 Å². The highest BCUT2D eigenvalue weighted by atomic mass is 79.9. The summed E-state index contributed by atoms with van der Waals surface area (Å²) in [5.74, 6) is 0. The van der Waals surface area contributed by atoms with Crippen molar-refractivity contribution in [3.63, 3.8) is 0 Å². The van der Waals surface area contributed by atoms with E-state index in [2.05, 4.69) is 36.8 Å². The number of hydrogen-bond acceptors (Lipinski definition) is 3. The maximum absolute atomic E-state index is 6.19. The van der Waals surface area contributed by atoms with Crippen LogP contribution in [0.1, 0.15) is 17.2 Å². The van der Waals surface area contributed by atoms with Crippen LogP contribution >= 0.6 is 54.8 Å². The second-order valence-corrected chi connectivity index (χ2v) is 7.71. The molecule has 6 heteroatoms. The molecule has 2 heterocycles. The van der Waals surface area contributed by atoms with Crippen LogP contribution < -0.4 is 5.73 Å². The average molecular weight is 397 g/mol. The van der Waals surface area contributed by atoms with Crippen LogP contribution in [0.5, 0.6) is 0 Å². The molecular formula is C11H9Br2ClN2S. The summed E-state index contributed by atoms with van der Waals surface area (Å²) < 4.78 is 2.12. The van der Waals surface area contributed by atoms with Crippen LogP contribution in [-0.2, 0) is 6.42 Å². The molecule has 0 spiro atoms. The van der Waals surface area contributed by atoms with Gasteiger partial charge in [0.2, 0.25) is 0 Å². The molecule has 2 rings (SSSR count). The normalized spacial score (nSPS) is 12.7. The minimum atomic E-state index is -0.0770. The molecule has 0 aliphatic carbocycles. The molecular weight excluding hydrogens is 387 g/mol. The zero-order chi connectivity index (χ0) is 12.4. The molecule has 0 radical (unpaired) electrons. The highest BCUT2D eigenvalue weighted by Gasteiger charge is 2.15. The van der Waals surface area contributed by atoms with E-state index >= 15 is 0 Å². The molecule has 1 unspecified atom stereocenters. The number of nitrogens with zero attached hydrogens (tertiary/aromatic N) is 1. The van der Waals surface area contributed by atoms with E-state index in [1.165, 1.54) is 0 Å². The molecule has 0 bridgehead atoms. The molecule has 2 N–H and O–H groups in total. The lowest BCUT2D eigenvalue weighted by atomic mass is 10.0. The number of rotatable bonds is 3. The molecule has 2 aromatic heterocycles. The Morgan fingerprint density at radius 1 is 1.47 bits per heavy atom. The Morgan fingerprint density at radius 3 is 2.82 bits per heavy atom. The molecule has 2 nitrogen and oxygen atoms in total. The van der Waals surface area contributed by atoms with Crippen molar-refractivity contribution in [2.24, 2.45) is 5.73 Å². The minimum absolute atomic E-state index is 0.0770. The van der Waals surface area contributed by atoms with E-state index in [1.54, 1.807) is 23.7 Å². The Morgan fingerprint density at radius 2 is 2.24 bits per heavy atom. The first-order chi connectivity index (χ1) is 8.08. The van der Waals surface area contributed by atoms with E-state index in [1.807, 2.05) is 12.1 Å². The van der Waals surface area contributed by atoms with Gasteiger partial charge in [-0.2, -0.15) is 0 Å². The lowest BCUT2D eigenvalue weighted by Gasteiger charge is -2.11. The molecule has 0 aliphatic rings. The summed E-state index contributed by atoms with van der Waals surface area (Å²) in [7, 11) is 0. The minimum Gasteiger partial charge on any atom is -0.324 e. The number of aromatic nitrogens is 1. The molecule has 0 aromatic carbocycles. The van der Waals surface area contributed by atoms with Crippen LogP contribution in [0, 0.1) is 0 Å². The van der Waals surface area contributed by atoms with Crippen molar-refractivity contribution in [3.8, 4) is 0 Å². The fourth-order valence-corrected chi connectivity index (χ4v) is 4.72. The summed E-state index contributed by atoms with van der Waals surface area (Å²) in [5.41, 5.74) is 8.30. The van der Waals surface area contributed by atoms with Gasteiger partial charge in [0.05, 0.1) is 12.6 Å². The topological polar surface area (TPSA) is 38.9 Å². The van der Waals surface area contributed by atoms with Crippen LogP contribution in [0.25, 0.3) is 0 Å². The van der Waals surface area contributed by atoms with Crippen LogP contribution in [-0.4, -0.2) is 4.98 Å². The van der Waals surface area contributed by atoms with Gasteiger partial charge in [-0.3, -0.25) is 4.98 Å². The van der Waals surface area contributed by atoms with Crippen molar-refractivity contribution in [1.29, 1.82) is 0 Å². The number of nitrogens with two attached hydrogens (primary N) is 1. The maximum Gasteiger partial charge on any atom is 0.0758 e. The van der Waals surface area contributed by atoms with E-state index in [4.69, 9.17) is 17.3 Å². The zero-order valence-corrected chi connectivity index (χ0v) is 13.4. The SMILES string of the molecule is NC(Cc1ccncc1Cl)c1cc(Br)sc1Br. The smallest absolute Gasteiger partial charge is 0.0758 e. The fourth-order valence-electron chi connectivity index (χ4n) is 1.52. The average Bonchev–Trinajstić information content (AvgIpc) is 2.61. The van der Waals surface area contributed by atoms with E-state index < -0.39 is 0 Å². The first kappa shape index (κ1) is 13.5. The highest BCUT2D eigenvalue weighted by molar-refractivity contribution is 9.12. The number of hydrogen-bond donors (Lipinski definition) is 1. The van der Waals surface area contributed by atoms with Crippen molar-refractivity contribution in [1.82, 2.24) is 4.98 Å². The van der Waals surface area contributed by atoms with E-state index in [0.717, 1.165) is 18.7 Å². The Kier molecular flexibility index (Phi) is 4.60. The molecule has 0 fully saturated rings. The molecule has 0 aliphatic heterocycles. The van der Waals surface area contributed by atoms with Gasteiger partial charge >= 0.3 is 0 Å². The van der Waals surface area contributed by atoms with Gasteiger partial charge < -0.3 is 5.73 Å². The third kappa shape index (κ3) is 3.29. The van der Waals surface area contributed by atoms with E-state index in [0.29, 0.717) is 11.4 Å². The second-order valence-electron chi connectivity index (χ2n) is 3.56. The predicted molar refractivity (Wildman–Crippen MR) is 79.6 cm³/mol. The first-order valence-corrected chi connectivity index (χ1v) is 7.64. The quantitative estimate of drug-likeness (QED) is 0.826. The Bertz CT molecular complexity index is 530. The van der Waals surface area contributed by atoms with Crippen LogP contribution in [0.3, 0.4) is 0 Å². The van der Waals surface area contributed by atoms with Crippen molar-refractivity contribution in [2.75, 3.05) is 0 Å². The lowest BCUT2D eigenvalue weighted by Crippen LogP contribution is -2.13. The summed E-state index contributed by atoms with van der Waals surface area (Å²) in [6, 6.07) is 3.86. The summed E-state index contributed by atoms with van der Waals surface area (Å²) in [5, 5.41) is 0.661. The predicted octanol–water partition coefficient (Wildman–Crippen LogP) is 4.56. The largest absolute Gasteiger partial charge is 0.324 e. The maximum atomic E-state index is 6.19. The van der Waals surface area contributed by atoms with Gasteiger partial charge in [-0.25, -0.2) is 0 Å². The molecule has 0 amide bonds. The first-order valence-electron chi connectivity index (χ1n) is 4.86. The van der Waals surface area contributed by atoms with Gasteiger partial charge in [-0.05, 0) is 61.5 Å². The third-order valence-corrected chi connectivity index (χ3v) is 5.10. The van der Waals surface area contributed by atoms with Crippen molar-refractivity contribution >= 4 is 54.8 Å². The summed E-state index contributed by atoms with van der Waals surface area (Å²) in [6.45, 7) is 0. The van der Waals surface area contributed by atoms with E-state index in [-0.39, 0.29) is 6.04 Å². The van der Waals surface area contributed by atoms with Gasteiger partial charge in [-0.1, -0.05) is 11.6 Å². The van der Waals surface area contributed by atoms with Crippen LogP contribution in [0.4, 0.5) is 0 Å². The van der Waals surface area contributed by atoms with Gasteiger partial charge in [-0.15, -0.1) is 11.3 Å². The molecule has 0 saturated heterocycles. The molecule has 90 valence electrons. The monoisotopic (exact) mass is 394 g/mol. The van der Waals surface area contributed by atoms with Gasteiger partial charge in [0.15, 0.2) is 0 Å². The van der Waals surface area contributed by atoms with Gasteiger partial charge in [0, 0.05) is 18.4 Å². The van der Waals surface area contributed by atoms with Gasteiger partial charge in [0.25, 0.3) is 0 Å². The molecule has 0 saturated carbocycles. The number of thiophene rings is 1. The van der Waals surface area contributed by atoms with Crippen molar-refractivity contribution in [3.05, 3.63) is 48.2 Å². The zero-order valence-electron chi connectivity index (χ0n) is 8.66. The van der Waals surface area contributed by atoms with Crippen molar-refractivity contribution < 1.29 is 0 Å². The summed E-state index contributed by atoms with van der Waals surface area (Å²) in [6.07, 6.45) is 4.07.